The Balaban J connectivity index is 2.27. The molecule has 0 radical (unpaired) electrons. The summed E-state index contributed by atoms with van der Waals surface area (Å²) >= 11 is 1.74. The minimum atomic E-state index is 0.933. The molecule has 0 fully saturated rings. The van der Waals surface area contributed by atoms with Gasteiger partial charge in [-0.1, -0.05) is 0 Å². The molecule has 0 aliphatic carbocycles. The standard InChI is InChI=1S/C12H18N4S/c1-8-9(2)17-12-10(8)11(14-7-15-12)13-5-6-16(3)4/h7H,5-6H2,1-4H3,(H,13,14,15)/p+1. The third-order valence-corrected chi connectivity index (χ3v) is 4.00. The summed E-state index contributed by atoms with van der Waals surface area (Å²) in [7, 11) is 4.30. The summed E-state index contributed by atoms with van der Waals surface area (Å²) in [6.45, 7) is 6.28. The van der Waals surface area contributed by atoms with Crippen molar-refractivity contribution >= 4 is 27.4 Å². The van der Waals surface area contributed by atoms with Crippen LogP contribution >= 0.6 is 11.3 Å². The van der Waals surface area contributed by atoms with E-state index in [9.17, 15) is 0 Å². The monoisotopic (exact) mass is 251 g/mol. The summed E-state index contributed by atoms with van der Waals surface area (Å²) < 4.78 is 0. The molecule has 2 heterocycles. The van der Waals surface area contributed by atoms with E-state index in [0.29, 0.717) is 0 Å². The molecule has 5 heteroatoms. The second-order valence-corrected chi connectivity index (χ2v) is 5.77. The lowest BCUT2D eigenvalue weighted by atomic mass is 10.2. The van der Waals surface area contributed by atoms with Gasteiger partial charge in [-0.3, -0.25) is 0 Å². The second-order valence-electron chi connectivity index (χ2n) is 4.57. The smallest absolute Gasteiger partial charge is 0.138 e. The Bertz CT molecular complexity index is 518. The number of nitrogens with zero attached hydrogens (tertiary/aromatic N) is 2. The number of likely N-dealkylation sites (N-methyl/N-ethyl adjacent to an activating group) is 1. The molecule has 0 saturated heterocycles. The van der Waals surface area contributed by atoms with Crippen LogP contribution in [0.1, 0.15) is 10.4 Å². The Kier molecular flexibility index (Phi) is 3.59. The van der Waals surface area contributed by atoms with Crippen LogP contribution in [0.2, 0.25) is 0 Å². The van der Waals surface area contributed by atoms with Gasteiger partial charge in [0.1, 0.15) is 17.0 Å². The zero-order chi connectivity index (χ0) is 12.4. The maximum atomic E-state index is 4.35. The van der Waals surface area contributed by atoms with Crippen molar-refractivity contribution in [2.75, 3.05) is 32.5 Å². The molecule has 0 spiro atoms. The van der Waals surface area contributed by atoms with Gasteiger partial charge in [-0.05, 0) is 19.4 Å². The predicted molar refractivity (Wildman–Crippen MR) is 73.1 cm³/mol. The van der Waals surface area contributed by atoms with Crippen molar-refractivity contribution < 1.29 is 4.90 Å². The fourth-order valence-electron chi connectivity index (χ4n) is 1.75. The molecule has 2 rings (SSSR count). The normalized spacial score (nSPS) is 11.4. The Morgan fingerprint density at radius 2 is 2.06 bits per heavy atom. The Hall–Kier alpha value is -1.20. The minimum Gasteiger partial charge on any atom is -0.364 e. The molecule has 0 amide bonds. The number of rotatable bonds is 4. The third-order valence-electron chi connectivity index (χ3n) is 2.88. The van der Waals surface area contributed by atoms with Crippen molar-refractivity contribution in [3.63, 3.8) is 0 Å². The molecular weight excluding hydrogens is 232 g/mol. The molecule has 92 valence electrons. The third kappa shape index (κ3) is 2.56. The number of hydrogen-bond donors (Lipinski definition) is 2. The van der Waals surface area contributed by atoms with Crippen LogP contribution < -0.4 is 10.2 Å². The first kappa shape index (κ1) is 12.3. The van der Waals surface area contributed by atoms with Crippen LogP contribution in [0, 0.1) is 13.8 Å². The molecular formula is C12H19N4S+. The fourth-order valence-corrected chi connectivity index (χ4v) is 2.74. The zero-order valence-corrected chi connectivity index (χ0v) is 11.6. The van der Waals surface area contributed by atoms with Gasteiger partial charge in [0.05, 0.1) is 32.6 Å². The summed E-state index contributed by atoms with van der Waals surface area (Å²) in [5, 5.41) is 4.59. The van der Waals surface area contributed by atoms with Crippen LogP contribution in [0.25, 0.3) is 10.2 Å². The number of aromatic nitrogens is 2. The molecule has 0 aromatic carbocycles. The van der Waals surface area contributed by atoms with E-state index in [1.807, 2.05) is 0 Å². The average molecular weight is 251 g/mol. The van der Waals surface area contributed by atoms with Crippen molar-refractivity contribution in [2.45, 2.75) is 13.8 Å². The van der Waals surface area contributed by atoms with E-state index in [-0.39, 0.29) is 0 Å². The van der Waals surface area contributed by atoms with E-state index in [4.69, 9.17) is 0 Å². The van der Waals surface area contributed by atoms with Gasteiger partial charge < -0.3 is 10.2 Å². The SMILES string of the molecule is Cc1sc2ncnc(NCC[NH+](C)C)c2c1C. The second kappa shape index (κ2) is 4.98. The fraction of sp³-hybridized carbons (Fsp3) is 0.500. The topological polar surface area (TPSA) is 42.2 Å². The molecule has 17 heavy (non-hydrogen) atoms. The summed E-state index contributed by atoms with van der Waals surface area (Å²) in [4.78, 5) is 12.5. The van der Waals surface area contributed by atoms with Gasteiger partial charge in [0.15, 0.2) is 0 Å². The molecule has 0 saturated carbocycles. The van der Waals surface area contributed by atoms with Crippen molar-refractivity contribution in [3.8, 4) is 0 Å². The summed E-state index contributed by atoms with van der Waals surface area (Å²) in [6, 6.07) is 0. The van der Waals surface area contributed by atoms with Crippen LogP contribution in [-0.4, -0.2) is 37.2 Å². The minimum absolute atomic E-state index is 0.933. The van der Waals surface area contributed by atoms with Crippen LogP contribution in [-0.2, 0) is 0 Å². The predicted octanol–water partition coefficient (Wildman–Crippen LogP) is 0.865. The summed E-state index contributed by atoms with van der Waals surface area (Å²) in [5.41, 5.74) is 1.30. The van der Waals surface area contributed by atoms with Gasteiger partial charge in [-0.25, -0.2) is 9.97 Å². The molecule has 0 atom stereocenters. The van der Waals surface area contributed by atoms with Crippen LogP contribution in [0.3, 0.4) is 0 Å². The van der Waals surface area contributed by atoms with Crippen molar-refractivity contribution in [2.24, 2.45) is 0 Å². The first-order chi connectivity index (χ1) is 8.09. The van der Waals surface area contributed by atoms with E-state index in [0.717, 1.165) is 23.7 Å². The van der Waals surface area contributed by atoms with Crippen molar-refractivity contribution in [1.29, 1.82) is 0 Å². The Labute approximate surface area is 106 Å². The number of anilines is 1. The highest BCUT2D eigenvalue weighted by molar-refractivity contribution is 7.18. The lowest BCUT2D eigenvalue weighted by Crippen LogP contribution is -3.06. The summed E-state index contributed by atoms with van der Waals surface area (Å²) in [5.74, 6) is 0.970. The Morgan fingerprint density at radius 1 is 1.29 bits per heavy atom. The molecule has 2 aromatic heterocycles. The van der Waals surface area contributed by atoms with E-state index in [1.165, 1.54) is 20.7 Å². The van der Waals surface area contributed by atoms with E-state index in [2.05, 4.69) is 43.2 Å². The molecule has 0 unspecified atom stereocenters. The maximum absolute atomic E-state index is 4.35. The number of aryl methyl sites for hydroxylation is 2. The number of quaternary nitrogens is 1. The highest BCUT2D eigenvalue weighted by Crippen LogP contribution is 2.32. The molecule has 0 bridgehead atoms. The quantitative estimate of drug-likeness (QED) is 0.847. The van der Waals surface area contributed by atoms with Gasteiger partial charge in [-0.15, -0.1) is 11.3 Å². The highest BCUT2D eigenvalue weighted by Gasteiger charge is 2.11. The highest BCUT2D eigenvalue weighted by atomic mass is 32.1. The van der Waals surface area contributed by atoms with Crippen LogP contribution in [0.5, 0.6) is 0 Å². The van der Waals surface area contributed by atoms with Crippen LogP contribution in [0.15, 0.2) is 6.33 Å². The van der Waals surface area contributed by atoms with Gasteiger partial charge in [0.2, 0.25) is 0 Å². The number of thiophene rings is 1. The Morgan fingerprint density at radius 3 is 2.76 bits per heavy atom. The van der Waals surface area contributed by atoms with E-state index >= 15 is 0 Å². The number of hydrogen-bond acceptors (Lipinski definition) is 4. The van der Waals surface area contributed by atoms with Crippen molar-refractivity contribution in [3.05, 3.63) is 16.8 Å². The number of nitrogens with one attached hydrogen (secondary N) is 2. The van der Waals surface area contributed by atoms with Crippen LogP contribution in [0.4, 0.5) is 5.82 Å². The first-order valence-corrected chi connectivity index (χ1v) is 6.65. The van der Waals surface area contributed by atoms with Gasteiger partial charge in [0.25, 0.3) is 0 Å². The van der Waals surface area contributed by atoms with Gasteiger partial charge in [0, 0.05) is 4.88 Å². The maximum Gasteiger partial charge on any atom is 0.138 e. The lowest BCUT2D eigenvalue weighted by Gasteiger charge is -2.09. The zero-order valence-electron chi connectivity index (χ0n) is 10.8. The number of fused-ring (bicyclic) bond motifs is 1. The first-order valence-electron chi connectivity index (χ1n) is 5.83. The molecule has 2 N–H and O–H groups in total. The van der Waals surface area contributed by atoms with Crippen molar-refractivity contribution in [1.82, 2.24) is 9.97 Å². The molecule has 0 aliphatic heterocycles. The van der Waals surface area contributed by atoms with Gasteiger partial charge in [-0.2, -0.15) is 0 Å². The lowest BCUT2D eigenvalue weighted by molar-refractivity contribution is -0.856. The van der Waals surface area contributed by atoms with Gasteiger partial charge >= 0.3 is 0 Å². The molecule has 0 aliphatic rings. The largest absolute Gasteiger partial charge is 0.364 e. The summed E-state index contributed by atoms with van der Waals surface area (Å²) in [6.07, 6.45) is 1.64. The molecule has 2 aromatic rings. The van der Waals surface area contributed by atoms with E-state index in [1.54, 1.807) is 17.7 Å². The molecule has 4 nitrogen and oxygen atoms in total. The average Bonchev–Trinajstić information content (AvgIpc) is 2.55. The van der Waals surface area contributed by atoms with E-state index < -0.39 is 0 Å².